The van der Waals surface area contributed by atoms with E-state index in [0.29, 0.717) is 22.3 Å². The van der Waals surface area contributed by atoms with Crippen LogP contribution in [0.3, 0.4) is 0 Å². The number of anilines is 3. The summed E-state index contributed by atoms with van der Waals surface area (Å²) in [6, 6.07) is 19.7. The predicted molar refractivity (Wildman–Crippen MR) is 134 cm³/mol. The van der Waals surface area contributed by atoms with Gasteiger partial charge in [-0.2, -0.15) is 0 Å². The number of para-hydroxylation sites is 1. The summed E-state index contributed by atoms with van der Waals surface area (Å²) in [5, 5.41) is 6.69. The van der Waals surface area contributed by atoms with Gasteiger partial charge in [0.1, 0.15) is 4.90 Å². The number of nitrogens with one attached hydrogen (secondary N) is 3. The molecule has 5 nitrogen and oxygen atoms in total. The Hall–Kier alpha value is -2.61. The van der Waals surface area contributed by atoms with E-state index in [-0.39, 0.29) is 10.0 Å². The molecule has 0 saturated heterocycles. The number of hydrogen-bond donors (Lipinski definition) is 3. The number of halogens is 1. The molecule has 3 aromatic rings. The Bertz CT molecular complexity index is 1190. The second-order valence-electron chi connectivity index (χ2n) is 7.44. The van der Waals surface area contributed by atoms with Crippen LogP contribution in [-0.4, -0.2) is 13.5 Å². The second kappa shape index (κ2) is 9.68. The van der Waals surface area contributed by atoms with Crippen molar-refractivity contribution in [1.29, 1.82) is 0 Å². The van der Waals surface area contributed by atoms with Gasteiger partial charge in [-0.25, -0.2) is 8.42 Å². The third-order valence-corrected chi connectivity index (χ3v) is 6.57. The van der Waals surface area contributed by atoms with Crippen LogP contribution in [0.2, 0.25) is 5.02 Å². The minimum Gasteiger partial charge on any atom is -0.332 e. The first-order chi connectivity index (χ1) is 14.7. The highest BCUT2D eigenvalue weighted by Crippen LogP contribution is 2.28. The highest BCUT2D eigenvalue weighted by molar-refractivity contribution is 7.93. The molecule has 0 aliphatic carbocycles. The zero-order valence-corrected chi connectivity index (χ0v) is 19.8. The number of rotatable bonds is 6. The minimum atomic E-state index is -3.91. The predicted octanol–water partition coefficient (Wildman–Crippen LogP) is 6.38. The molecule has 0 aliphatic heterocycles. The van der Waals surface area contributed by atoms with Crippen LogP contribution < -0.4 is 15.4 Å². The molecule has 0 radical (unpaired) electrons. The van der Waals surface area contributed by atoms with E-state index in [2.05, 4.69) is 29.2 Å². The lowest BCUT2D eigenvalue weighted by Gasteiger charge is -2.17. The molecule has 162 valence electrons. The summed E-state index contributed by atoms with van der Waals surface area (Å²) >= 11 is 11.5. The fourth-order valence-corrected chi connectivity index (χ4v) is 4.73. The fraction of sp³-hybridized carbons (Fsp3) is 0.174. The van der Waals surface area contributed by atoms with Gasteiger partial charge in [-0.05, 0) is 72.6 Å². The van der Waals surface area contributed by atoms with Gasteiger partial charge in [0.25, 0.3) is 10.0 Å². The molecule has 0 heterocycles. The van der Waals surface area contributed by atoms with Crippen LogP contribution >= 0.6 is 23.8 Å². The highest BCUT2D eigenvalue weighted by atomic mass is 35.5. The van der Waals surface area contributed by atoms with Crippen molar-refractivity contribution < 1.29 is 8.42 Å². The maximum absolute atomic E-state index is 13.1. The van der Waals surface area contributed by atoms with Crippen molar-refractivity contribution in [2.24, 2.45) is 0 Å². The Kier molecular flexibility index (Phi) is 7.20. The Balaban J connectivity index is 1.82. The summed E-state index contributed by atoms with van der Waals surface area (Å²) in [7, 11) is -3.91. The molecular formula is C23H24ClN3O2S2. The smallest absolute Gasteiger partial charge is 0.264 e. The van der Waals surface area contributed by atoms with E-state index >= 15 is 0 Å². The molecule has 0 fully saturated rings. The average Bonchev–Trinajstić information content (AvgIpc) is 2.71. The van der Waals surface area contributed by atoms with Crippen molar-refractivity contribution in [2.45, 2.75) is 31.6 Å². The average molecular weight is 474 g/mol. The van der Waals surface area contributed by atoms with E-state index in [0.717, 1.165) is 11.3 Å². The topological polar surface area (TPSA) is 70.2 Å². The standard InChI is InChI=1S/C23H24ClN3O2S2/c1-15(2)17-9-11-18(12-10-17)25-23(30)26-21-13-8-16(3)14-22(21)31(28,29)27-20-7-5-4-6-19(20)24/h4-15,27H,1-3H3,(H2,25,26,30). The summed E-state index contributed by atoms with van der Waals surface area (Å²) in [4.78, 5) is 0.0757. The lowest BCUT2D eigenvalue weighted by atomic mass is 10.0. The van der Waals surface area contributed by atoms with Crippen LogP contribution in [0.25, 0.3) is 0 Å². The minimum absolute atomic E-state index is 0.0757. The third kappa shape index (κ3) is 5.97. The summed E-state index contributed by atoms with van der Waals surface area (Å²) < 4.78 is 28.7. The lowest BCUT2D eigenvalue weighted by Crippen LogP contribution is -2.22. The Labute approximate surface area is 193 Å². The zero-order chi connectivity index (χ0) is 22.6. The van der Waals surface area contributed by atoms with Crippen molar-refractivity contribution in [3.63, 3.8) is 0 Å². The highest BCUT2D eigenvalue weighted by Gasteiger charge is 2.21. The number of benzene rings is 3. The van der Waals surface area contributed by atoms with Crippen LogP contribution in [0.15, 0.2) is 71.6 Å². The van der Waals surface area contributed by atoms with E-state index in [9.17, 15) is 8.42 Å². The van der Waals surface area contributed by atoms with Gasteiger partial charge in [0.05, 0.1) is 16.4 Å². The van der Waals surface area contributed by atoms with Crippen molar-refractivity contribution in [2.75, 3.05) is 15.4 Å². The SMILES string of the molecule is Cc1ccc(NC(=S)Nc2ccc(C(C)C)cc2)c(S(=O)(=O)Nc2ccccc2Cl)c1. The number of sulfonamides is 1. The molecule has 3 rings (SSSR count). The van der Waals surface area contributed by atoms with Gasteiger partial charge in [0, 0.05) is 5.69 Å². The van der Waals surface area contributed by atoms with Gasteiger partial charge >= 0.3 is 0 Å². The Morgan fingerprint density at radius 1 is 0.935 bits per heavy atom. The van der Waals surface area contributed by atoms with E-state index in [1.807, 2.05) is 37.3 Å². The van der Waals surface area contributed by atoms with Gasteiger partial charge in [-0.1, -0.05) is 55.8 Å². The Morgan fingerprint density at radius 3 is 2.26 bits per heavy atom. The number of aryl methyl sites for hydroxylation is 1. The van der Waals surface area contributed by atoms with Gasteiger partial charge in [-0.3, -0.25) is 4.72 Å². The molecule has 3 aromatic carbocycles. The molecule has 3 N–H and O–H groups in total. The molecule has 0 saturated carbocycles. The molecule has 0 aliphatic rings. The zero-order valence-electron chi connectivity index (χ0n) is 17.4. The molecule has 0 atom stereocenters. The normalized spacial score (nSPS) is 11.3. The van der Waals surface area contributed by atoms with E-state index in [4.69, 9.17) is 23.8 Å². The van der Waals surface area contributed by atoms with E-state index in [1.54, 1.807) is 36.4 Å². The molecule has 0 aromatic heterocycles. The van der Waals surface area contributed by atoms with Crippen molar-refractivity contribution in [3.8, 4) is 0 Å². The summed E-state index contributed by atoms with van der Waals surface area (Å²) in [6.07, 6.45) is 0. The van der Waals surface area contributed by atoms with Gasteiger partial charge in [0.2, 0.25) is 0 Å². The molecule has 0 spiro atoms. The second-order valence-corrected chi connectivity index (χ2v) is 9.91. The van der Waals surface area contributed by atoms with E-state index in [1.165, 1.54) is 5.56 Å². The summed E-state index contributed by atoms with van der Waals surface area (Å²) in [6.45, 7) is 6.08. The van der Waals surface area contributed by atoms with E-state index < -0.39 is 10.0 Å². The molecule has 0 unspecified atom stereocenters. The summed E-state index contributed by atoms with van der Waals surface area (Å²) in [5.74, 6) is 0.435. The Morgan fingerprint density at radius 2 is 1.61 bits per heavy atom. The first kappa shape index (κ1) is 23.1. The molecule has 8 heteroatoms. The number of thiocarbonyl (C=S) groups is 1. The third-order valence-electron chi connectivity index (χ3n) is 4.63. The van der Waals surface area contributed by atoms with Crippen molar-refractivity contribution in [3.05, 3.63) is 82.9 Å². The van der Waals surface area contributed by atoms with Gasteiger partial charge in [-0.15, -0.1) is 0 Å². The maximum atomic E-state index is 13.1. The quantitative estimate of drug-likeness (QED) is 0.362. The first-order valence-electron chi connectivity index (χ1n) is 9.71. The van der Waals surface area contributed by atoms with Crippen LogP contribution in [0, 0.1) is 6.92 Å². The first-order valence-corrected chi connectivity index (χ1v) is 12.0. The largest absolute Gasteiger partial charge is 0.332 e. The maximum Gasteiger partial charge on any atom is 0.264 e. The van der Waals surface area contributed by atoms with Crippen LogP contribution in [-0.2, 0) is 10.0 Å². The van der Waals surface area contributed by atoms with Crippen LogP contribution in [0.1, 0.15) is 30.9 Å². The fourth-order valence-electron chi connectivity index (χ4n) is 2.93. The van der Waals surface area contributed by atoms with Crippen LogP contribution in [0.4, 0.5) is 17.1 Å². The monoisotopic (exact) mass is 473 g/mol. The molecule has 31 heavy (non-hydrogen) atoms. The van der Waals surface area contributed by atoms with Gasteiger partial charge in [0.15, 0.2) is 5.11 Å². The summed E-state index contributed by atoms with van der Waals surface area (Å²) in [5.41, 5.74) is 3.51. The van der Waals surface area contributed by atoms with Gasteiger partial charge < -0.3 is 10.6 Å². The number of hydrogen-bond acceptors (Lipinski definition) is 3. The van der Waals surface area contributed by atoms with Crippen molar-refractivity contribution >= 4 is 56.0 Å². The molecular weight excluding hydrogens is 450 g/mol. The molecule has 0 bridgehead atoms. The molecule has 0 amide bonds. The van der Waals surface area contributed by atoms with Crippen molar-refractivity contribution in [1.82, 2.24) is 0 Å². The van der Waals surface area contributed by atoms with Crippen LogP contribution in [0.5, 0.6) is 0 Å². The lowest BCUT2D eigenvalue weighted by molar-refractivity contribution is 0.601.